The van der Waals surface area contributed by atoms with E-state index in [2.05, 4.69) is 40.2 Å². The Morgan fingerprint density at radius 2 is 2.25 bits per heavy atom. The molecule has 1 aromatic rings. The van der Waals surface area contributed by atoms with Gasteiger partial charge < -0.3 is 14.8 Å². The van der Waals surface area contributed by atoms with Crippen molar-refractivity contribution >= 4 is 5.91 Å². The number of carbonyl (C=O) groups excluding carboxylic acids is 1. The quantitative estimate of drug-likeness (QED) is 0.917. The Morgan fingerprint density at radius 3 is 2.90 bits per heavy atom. The fourth-order valence-corrected chi connectivity index (χ4v) is 3.18. The summed E-state index contributed by atoms with van der Waals surface area (Å²) in [5.74, 6) is 0.327. The van der Waals surface area contributed by atoms with Crippen molar-refractivity contribution in [1.29, 1.82) is 0 Å². The Hall–Kier alpha value is -1.29. The van der Waals surface area contributed by atoms with Crippen molar-refractivity contribution < 1.29 is 4.79 Å². The second kappa shape index (κ2) is 6.93. The zero-order chi connectivity index (χ0) is 14.5. The van der Waals surface area contributed by atoms with Crippen LogP contribution in [0.15, 0.2) is 18.3 Å². The number of carbonyl (C=O) groups is 1. The van der Waals surface area contributed by atoms with E-state index < -0.39 is 0 Å². The molecule has 20 heavy (non-hydrogen) atoms. The standard InChI is InChI=1S/C16H27N3O/c1-13(12-17-2)16(20)19-11-6-4-5-8-15(19)14-9-7-10-18(14)3/h7,9-10,13,15,17H,4-6,8,11-12H2,1-3H3. The van der Waals surface area contributed by atoms with Gasteiger partial charge in [0.05, 0.1) is 6.04 Å². The van der Waals surface area contributed by atoms with Crippen LogP contribution in [-0.4, -0.2) is 35.5 Å². The minimum atomic E-state index is 0.0425. The first-order valence-corrected chi connectivity index (χ1v) is 7.71. The van der Waals surface area contributed by atoms with Crippen LogP contribution in [0.2, 0.25) is 0 Å². The van der Waals surface area contributed by atoms with Crippen LogP contribution in [0.3, 0.4) is 0 Å². The molecule has 0 aliphatic carbocycles. The van der Waals surface area contributed by atoms with E-state index >= 15 is 0 Å². The molecule has 2 rings (SSSR count). The summed E-state index contributed by atoms with van der Waals surface area (Å²) in [5.41, 5.74) is 1.26. The smallest absolute Gasteiger partial charge is 0.227 e. The SMILES string of the molecule is CNCC(C)C(=O)N1CCCCCC1c1cccn1C. The lowest BCUT2D eigenvalue weighted by molar-refractivity contribution is -0.137. The fraction of sp³-hybridized carbons (Fsp3) is 0.688. The minimum absolute atomic E-state index is 0.0425. The van der Waals surface area contributed by atoms with Gasteiger partial charge in [0.2, 0.25) is 5.91 Å². The molecule has 1 fully saturated rings. The van der Waals surface area contributed by atoms with Gasteiger partial charge in [-0.1, -0.05) is 19.8 Å². The lowest BCUT2D eigenvalue weighted by Gasteiger charge is -2.32. The maximum atomic E-state index is 12.7. The van der Waals surface area contributed by atoms with Crippen molar-refractivity contribution in [2.45, 2.75) is 38.6 Å². The molecular weight excluding hydrogens is 250 g/mol. The maximum absolute atomic E-state index is 12.7. The highest BCUT2D eigenvalue weighted by Crippen LogP contribution is 2.31. The molecule has 1 aromatic heterocycles. The molecule has 4 nitrogen and oxygen atoms in total. The van der Waals surface area contributed by atoms with Crippen LogP contribution in [0.5, 0.6) is 0 Å². The molecule has 0 bridgehead atoms. The van der Waals surface area contributed by atoms with Gasteiger partial charge in [0.1, 0.15) is 0 Å². The van der Waals surface area contributed by atoms with Crippen molar-refractivity contribution in [3.8, 4) is 0 Å². The molecule has 2 atom stereocenters. The average molecular weight is 277 g/mol. The third-order valence-electron chi connectivity index (χ3n) is 4.29. The van der Waals surface area contributed by atoms with Crippen LogP contribution in [0.25, 0.3) is 0 Å². The Balaban J connectivity index is 2.21. The summed E-state index contributed by atoms with van der Waals surface area (Å²) in [5, 5.41) is 3.11. The molecule has 0 radical (unpaired) electrons. The van der Waals surface area contributed by atoms with Crippen molar-refractivity contribution in [3.05, 3.63) is 24.0 Å². The molecule has 1 amide bonds. The number of hydrogen-bond donors (Lipinski definition) is 1. The predicted molar refractivity (Wildman–Crippen MR) is 81.4 cm³/mol. The lowest BCUT2D eigenvalue weighted by Crippen LogP contribution is -2.41. The highest BCUT2D eigenvalue weighted by molar-refractivity contribution is 5.79. The van der Waals surface area contributed by atoms with Gasteiger partial charge in [-0.05, 0) is 32.0 Å². The summed E-state index contributed by atoms with van der Waals surface area (Å²) < 4.78 is 2.15. The number of hydrogen-bond acceptors (Lipinski definition) is 2. The molecular formula is C16H27N3O. The first-order chi connectivity index (χ1) is 9.65. The number of aromatic nitrogens is 1. The van der Waals surface area contributed by atoms with Crippen molar-refractivity contribution in [3.63, 3.8) is 0 Å². The van der Waals surface area contributed by atoms with Crippen LogP contribution >= 0.6 is 0 Å². The van der Waals surface area contributed by atoms with Gasteiger partial charge in [0.25, 0.3) is 0 Å². The summed E-state index contributed by atoms with van der Waals surface area (Å²) in [7, 11) is 3.97. The molecule has 1 saturated heterocycles. The van der Waals surface area contributed by atoms with Crippen LogP contribution in [0.1, 0.15) is 44.3 Å². The zero-order valence-corrected chi connectivity index (χ0v) is 12.9. The summed E-state index contributed by atoms with van der Waals surface area (Å²) in [6, 6.07) is 4.46. The molecule has 0 spiro atoms. The van der Waals surface area contributed by atoms with Crippen LogP contribution in [0, 0.1) is 5.92 Å². The Labute approximate surface area is 122 Å². The predicted octanol–water partition coefficient (Wildman–Crippen LogP) is 2.32. The zero-order valence-electron chi connectivity index (χ0n) is 12.9. The second-order valence-corrected chi connectivity index (χ2v) is 5.90. The first-order valence-electron chi connectivity index (χ1n) is 7.71. The molecule has 0 aromatic carbocycles. The van der Waals surface area contributed by atoms with Gasteiger partial charge in [-0.3, -0.25) is 4.79 Å². The molecule has 1 N–H and O–H groups in total. The highest BCUT2D eigenvalue weighted by atomic mass is 16.2. The van der Waals surface area contributed by atoms with E-state index in [9.17, 15) is 4.79 Å². The molecule has 1 aliphatic heterocycles. The van der Waals surface area contributed by atoms with Gasteiger partial charge in [-0.15, -0.1) is 0 Å². The van der Waals surface area contributed by atoms with E-state index in [0.717, 1.165) is 25.9 Å². The Kier molecular flexibility index (Phi) is 5.24. The van der Waals surface area contributed by atoms with E-state index in [1.807, 2.05) is 14.0 Å². The lowest BCUT2D eigenvalue weighted by atomic mass is 10.0. The second-order valence-electron chi connectivity index (χ2n) is 5.90. The number of nitrogens with one attached hydrogen (secondary N) is 1. The van der Waals surface area contributed by atoms with Gasteiger partial charge in [-0.25, -0.2) is 0 Å². The number of nitrogens with zero attached hydrogens (tertiary/aromatic N) is 2. The van der Waals surface area contributed by atoms with E-state index in [0.29, 0.717) is 0 Å². The van der Waals surface area contributed by atoms with E-state index in [1.165, 1.54) is 18.5 Å². The van der Waals surface area contributed by atoms with Crippen molar-refractivity contribution in [2.24, 2.45) is 13.0 Å². The molecule has 1 aliphatic rings. The van der Waals surface area contributed by atoms with Crippen LogP contribution in [-0.2, 0) is 11.8 Å². The summed E-state index contributed by atoms with van der Waals surface area (Å²) in [6.45, 7) is 3.66. The van der Waals surface area contributed by atoms with Crippen LogP contribution < -0.4 is 5.32 Å². The van der Waals surface area contributed by atoms with Crippen molar-refractivity contribution in [2.75, 3.05) is 20.1 Å². The number of aryl methyl sites for hydroxylation is 1. The van der Waals surface area contributed by atoms with Gasteiger partial charge in [0, 0.05) is 37.9 Å². The molecule has 112 valence electrons. The molecule has 0 saturated carbocycles. The third-order valence-corrected chi connectivity index (χ3v) is 4.29. The van der Waals surface area contributed by atoms with E-state index in [-0.39, 0.29) is 17.9 Å². The third kappa shape index (κ3) is 3.23. The minimum Gasteiger partial charge on any atom is -0.353 e. The normalized spacial score (nSPS) is 21.6. The maximum Gasteiger partial charge on any atom is 0.227 e. The highest BCUT2D eigenvalue weighted by Gasteiger charge is 2.30. The molecule has 2 heterocycles. The number of rotatable bonds is 4. The largest absolute Gasteiger partial charge is 0.353 e. The van der Waals surface area contributed by atoms with Crippen molar-refractivity contribution in [1.82, 2.24) is 14.8 Å². The molecule has 2 unspecified atom stereocenters. The van der Waals surface area contributed by atoms with Gasteiger partial charge in [-0.2, -0.15) is 0 Å². The summed E-state index contributed by atoms with van der Waals surface area (Å²) in [4.78, 5) is 14.8. The monoisotopic (exact) mass is 277 g/mol. The number of amides is 1. The first kappa shape index (κ1) is 15.1. The Morgan fingerprint density at radius 1 is 1.45 bits per heavy atom. The van der Waals surface area contributed by atoms with E-state index in [1.54, 1.807) is 0 Å². The average Bonchev–Trinajstić information content (AvgIpc) is 2.72. The van der Waals surface area contributed by atoms with Gasteiger partial charge >= 0.3 is 0 Å². The summed E-state index contributed by atoms with van der Waals surface area (Å²) >= 11 is 0. The summed E-state index contributed by atoms with van der Waals surface area (Å²) in [6.07, 6.45) is 6.71. The molecule has 4 heteroatoms. The Bertz CT molecular complexity index is 441. The van der Waals surface area contributed by atoms with Gasteiger partial charge in [0.15, 0.2) is 0 Å². The van der Waals surface area contributed by atoms with E-state index in [4.69, 9.17) is 0 Å². The number of likely N-dealkylation sites (tertiary alicyclic amines) is 1. The topological polar surface area (TPSA) is 37.3 Å². The van der Waals surface area contributed by atoms with Crippen LogP contribution in [0.4, 0.5) is 0 Å². The fourth-order valence-electron chi connectivity index (χ4n) is 3.18.